The van der Waals surface area contributed by atoms with Crippen LogP contribution in [0.3, 0.4) is 0 Å². The summed E-state index contributed by atoms with van der Waals surface area (Å²) in [7, 11) is 0. The molecule has 0 spiro atoms. The molecular formula is C13H18O. The first-order valence-electron chi connectivity index (χ1n) is 5.48. The molecule has 2 aliphatic carbocycles. The highest BCUT2D eigenvalue weighted by atomic mass is 16.1. The Balaban J connectivity index is 2.31. The first-order chi connectivity index (χ1) is 6.58. The van der Waals surface area contributed by atoms with Gasteiger partial charge in [0.1, 0.15) is 0 Å². The monoisotopic (exact) mass is 190 g/mol. The van der Waals surface area contributed by atoms with Crippen LogP contribution in [0.2, 0.25) is 0 Å². The number of rotatable bonds is 0. The van der Waals surface area contributed by atoms with Crippen molar-refractivity contribution >= 4 is 5.78 Å². The van der Waals surface area contributed by atoms with Gasteiger partial charge >= 0.3 is 0 Å². The zero-order valence-corrected chi connectivity index (χ0v) is 9.10. The van der Waals surface area contributed by atoms with Crippen molar-refractivity contribution in [2.45, 2.75) is 46.0 Å². The van der Waals surface area contributed by atoms with Crippen LogP contribution in [-0.4, -0.2) is 5.78 Å². The van der Waals surface area contributed by atoms with Gasteiger partial charge in [-0.15, -0.1) is 0 Å². The second kappa shape index (κ2) is 3.38. The van der Waals surface area contributed by atoms with Crippen LogP contribution in [-0.2, 0) is 4.79 Å². The van der Waals surface area contributed by atoms with Crippen LogP contribution in [0.5, 0.6) is 0 Å². The SMILES string of the molecule is CC1(C)CC(=O)C2=C(CCC=CC2)C1. The number of allylic oxidation sites excluding steroid dienone is 4. The van der Waals surface area contributed by atoms with Crippen molar-refractivity contribution in [1.82, 2.24) is 0 Å². The molecule has 0 heterocycles. The Hall–Kier alpha value is -0.850. The Kier molecular flexibility index (Phi) is 2.34. The van der Waals surface area contributed by atoms with E-state index in [0.717, 1.165) is 37.7 Å². The Labute approximate surface area is 85.9 Å². The van der Waals surface area contributed by atoms with E-state index in [1.165, 1.54) is 5.57 Å². The van der Waals surface area contributed by atoms with Gasteiger partial charge in [-0.2, -0.15) is 0 Å². The van der Waals surface area contributed by atoms with Crippen molar-refractivity contribution in [2.75, 3.05) is 0 Å². The molecule has 0 saturated carbocycles. The molecule has 0 bridgehead atoms. The average molecular weight is 190 g/mol. The molecule has 0 fully saturated rings. The summed E-state index contributed by atoms with van der Waals surface area (Å²) in [6, 6.07) is 0. The van der Waals surface area contributed by atoms with Crippen molar-refractivity contribution in [1.29, 1.82) is 0 Å². The van der Waals surface area contributed by atoms with Crippen molar-refractivity contribution in [3.63, 3.8) is 0 Å². The van der Waals surface area contributed by atoms with Gasteiger partial charge < -0.3 is 0 Å². The lowest BCUT2D eigenvalue weighted by Crippen LogP contribution is -2.25. The molecule has 2 aliphatic rings. The summed E-state index contributed by atoms with van der Waals surface area (Å²) >= 11 is 0. The van der Waals surface area contributed by atoms with Crippen LogP contribution in [0, 0.1) is 5.41 Å². The summed E-state index contributed by atoms with van der Waals surface area (Å²) in [5, 5.41) is 0. The van der Waals surface area contributed by atoms with E-state index < -0.39 is 0 Å². The Morgan fingerprint density at radius 1 is 1.21 bits per heavy atom. The number of carbonyl (C=O) groups excluding carboxylic acids is 1. The summed E-state index contributed by atoms with van der Waals surface area (Å²) in [6.07, 6.45) is 9.31. The van der Waals surface area contributed by atoms with E-state index in [0.29, 0.717) is 5.78 Å². The zero-order chi connectivity index (χ0) is 10.2. The largest absolute Gasteiger partial charge is 0.295 e. The minimum atomic E-state index is 0.195. The molecule has 0 N–H and O–H groups in total. The highest BCUT2D eigenvalue weighted by Gasteiger charge is 2.31. The predicted molar refractivity (Wildman–Crippen MR) is 58.0 cm³/mol. The summed E-state index contributed by atoms with van der Waals surface area (Å²) in [5.74, 6) is 0.391. The maximum absolute atomic E-state index is 11.9. The standard InChI is InChI=1S/C13H18O/c1-13(2)8-10-6-4-3-5-7-11(10)12(14)9-13/h3,5H,4,6-9H2,1-2H3. The number of ketones is 1. The molecule has 0 saturated heterocycles. The van der Waals surface area contributed by atoms with Gasteiger partial charge in [-0.25, -0.2) is 0 Å². The maximum atomic E-state index is 11.9. The molecule has 76 valence electrons. The van der Waals surface area contributed by atoms with Gasteiger partial charge in [-0.05, 0) is 36.7 Å². The normalized spacial score (nSPS) is 26.0. The summed E-state index contributed by atoms with van der Waals surface area (Å²) in [5.41, 5.74) is 2.74. The fourth-order valence-corrected chi connectivity index (χ4v) is 2.56. The third kappa shape index (κ3) is 1.82. The summed E-state index contributed by atoms with van der Waals surface area (Å²) in [4.78, 5) is 11.9. The third-order valence-electron chi connectivity index (χ3n) is 3.20. The molecule has 0 unspecified atom stereocenters. The van der Waals surface area contributed by atoms with Crippen LogP contribution in [0.1, 0.15) is 46.0 Å². The van der Waals surface area contributed by atoms with Gasteiger partial charge in [0.05, 0.1) is 0 Å². The highest BCUT2D eigenvalue weighted by molar-refractivity contribution is 5.97. The van der Waals surface area contributed by atoms with E-state index in [4.69, 9.17) is 0 Å². The summed E-state index contributed by atoms with van der Waals surface area (Å²) in [6.45, 7) is 4.40. The lowest BCUT2D eigenvalue weighted by Gasteiger charge is -2.31. The van der Waals surface area contributed by atoms with Crippen molar-refractivity contribution in [3.05, 3.63) is 23.3 Å². The number of hydrogen-bond donors (Lipinski definition) is 0. The molecule has 0 aromatic carbocycles. The second-order valence-electron chi connectivity index (χ2n) is 5.24. The van der Waals surface area contributed by atoms with Crippen molar-refractivity contribution in [3.8, 4) is 0 Å². The van der Waals surface area contributed by atoms with Crippen LogP contribution in [0.25, 0.3) is 0 Å². The van der Waals surface area contributed by atoms with Crippen molar-refractivity contribution in [2.24, 2.45) is 5.41 Å². The minimum Gasteiger partial charge on any atom is -0.295 e. The fraction of sp³-hybridized carbons (Fsp3) is 0.615. The number of carbonyl (C=O) groups is 1. The van der Waals surface area contributed by atoms with Crippen molar-refractivity contribution < 1.29 is 4.79 Å². The zero-order valence-electron chi connectivity index (χ0n) is 9.10. The smallest absolute Gasteiger partial charge is 0.159 e. The van der Waals surface area contributed by atoms with Gasteiger partial charge in [0, 0.05) is 6.42 Å². The van der Waals surface area contributed by atoms with Crippen LogP contribution < -0.4 is 0 Å². The molecule has 1 nitrogen and oxygen atoms in total. The van der Waals surface area contributed by atoms with Crippen LogP contribution >= 0.6 is 0 Å². The van der Waals surface area contributed by atoms with E-state index in [1.54, 1.807) is 0 Å². The number of hydrogen-bond acceptors (Lipinski definition) is 1. The molecule has 0 atom stereocenters. The number of Topliss-reactive ketones (excluding diaryl/α,β-unsaturated/α-hetero) is 1. The molecule has 0 aromatic heterocycles. The molecule has 0 aliphatic heterocycles. The van der Waals surface area contributed by atoms with E-state index in [-0.39, 0.29) is 5.41 Å². The fourth-order valence-electron chi connectivity index (χ4n) is 2.56. The van der Waals surface area contributed by atoms with Crippen LogP contribution in [0.4, 0.5) is 0 Å². The van der Waals surface area contributed by atoms with Gasteiger partial charge in [-0.3, -0.25) is 4.79 Å². The molecular weight excluding hydrogens is 172 g/mol. The summed E-state index contributed by atoms with van der Waals surface area (Å²) < 4.78 is 0. The molecule has 0 radical (unpaired) electrons. The van der Waals surface area contributed by atoms with Gasteiger partial charge in [0.25, 0.3) is 0 Å². The highest BCUT2D eigenvalue weighted by Crippen LogP contribution is 2.40. The molecule has 0 amide bonds. The van der Waals surface area contributed by atoms with E-state index in [9.17, 15) is 4.79 Å². The van der Waals surface area contributed by atoms with Crippen LogP contribution in [0.15, 0.2) is 23.3 Å². The molecule has 14 heavy (non-hydrogen) atoms. The first kappa shape index (κ1) is 9.70. The third-order valence-corrected chi connectivity index (χ3v) is 3.20. The molecule has 0 aromatic rings. The lowest BCUT2D eigenvalue weighted by atomic mass is 9.72. The molecule has 1 heteroatoms. The topological polar surface area (TPSA) is 17.1 Å². The minimum absolute atomic E-state index is 0.195. The Morgan fingerprint density at radius 3 is 2.79 bits per heavy atom. The lowest BCUT2D eigenvalue weighted by molar-refractivity contribution is -0.118. The average Bonchev–Trinajstić information content (AvgIpc) is 2.27. The van der Waals surface area contributed by atoms with E-state index in [1.807, 2.05) is 0 Å². The second-order valence-corrected chi connectivity index (χ2v) is 5.24. The maximum Gasteiger partial charge on any atom is 0.159 e. The van der Waals surface area contributed by atoms with Gasteiger partial charge in [0.2, 0.25) is 0 Å². The molecule has 2 rings (SSSR count). The quantitative estimate of drug-likeness (QED) is 0.535. The van der Waals surface area contributed by atoms with Gasteiger partial charge in [0.15, 0.2) is 5.78 Å². The Bertz CT molecular complexity index is 318. The first-order valence-corrected chi connectivity index (χ1v) is 5.48. The van der Waals surface area contributed by atoms with Gasteiger partial charge in [-0.1, -0.05) is 31.6 Å². The predicted octanol–water partition coefficient (Wildman–Crippen LogP) is 3.41. The van der Waals surface area contributed by atoms with E-state index >= 15 is 0 Å². The van der Waals surface area contributed by atoms with E-state index in [2.05, 4.69) is 26.0 Å². The Morgan fingerprint density at radius 2 is 2.00 bits per heavy atom.